The first-order chi connectivity index (χ1) is 12.3. The molecule has 7 heteroatoms. The van der Waals surface area contributed by atoms with Crippen LogP contribution in [0.5, 0.6) is 5.75 Å². The summed E-state index contributed by atoms with van der Waals surface area (Å²) in [6, 6.07) is 9.04. The first-order valence-electron chi connectivity index (χ1n) is 8.04. The van der Waals surface area contributed by atoms with Crippen molar-refractivity contribution in [2.45, 2.75) is 25.9 Å². The lowest BCUT2D eigenvalue weighted by molar-refractivity contribution is 0.0620. The van der Waals surface area contributed by atoms with E-state index in [-0.39, 0.29) is 23.9 Å². The molecule has 1 aliphatic heterocycles. The van der Waals surface area contributed by atoms with E-state index in [2.05, 4.69) is 10.3 Å². The molecule has 2 heterocycles. The number of nitrogens with zero attached hydrogens (tertiary/aromatic N) is 1. The minimum absolute atomic E-state index is 0.0543. The number of rotatable bonds is 2. The van der Waals surface area contributed by atoms with Gasteiger partial charge in [-0.25, -0.2) is 9.37 Å². The molecule has 0 spiro atoms. The number of hydrogen-bond acceptors (Lipinski definition) is 5. The zero-order valence-corrected chi connectivity index (χ0v) is 14.9. The minimum atomic E-state index is -0.551. The first-order valence-corrected chi connectivity index (χ1v) is 8.86. The topological polar surface area (TPSA) is 68.3 Å². The normalized spacial score (nSPS) is 15.4. The fraction of sp³-hybridized carbons (Fsp3) is 0.211. The summed E-state index contributed by atoms with van der Waals surface area (Å²) >= 11 is 1.19. The van der Waals surface area contributed by atoms with Gasteiger partial charge in [-0.1, -0.05) is 11.3 Å². The molecular formula is C19H15FN2O3S. The number of aromatic nitrogens is 1. The second kappa shape index (κ2) is 5.88. The summed E-state index contributed by atoms with van der Waals surface area (Å²) in [6.07, 6.45) is 0.258. The number of thiazole rings is 1. The van der Waals surface area contributed by atoms with Gasteiger partial charge in [0, 0.05) is 5.56 Å². The van der Waals surface area contributed by atoms with Gasteiger partial charge >= 0.3 is 0 Å². The molecule has 132 valence electrons. The smallest absolute Gasteiger partial charge is 0.257 e. The number of hydrogen-bond donors (Lipinski definition) is 1. The lowest BCUT2D eigenvalue weighted by Gasteiger charge is -2.31. The quantitative estimate of drug-likeness (QED) is 0.724. The van der Waals surface area contributed by atoms with Crippen LogP contribution in [0.25, 0.3) is 10.2 Å². The average Bonchev–Trinajstić information content (AvgIpc) is 2.94. The summed E-state index contributed by atoms with van der Waals surface area (Å²) in [5.41, 5.74) is 0.807. The number of fused-ring (bicyclic) bond motifs is 2. The van der Waals surface area contributed by atoms with Crippen molar-refractivity contribution in [2.75, 3.05) is 5.32 Å². The zero-order chi connectivity index (χ0) is 18.5. The molecule has 0 atom stereocenters. The van der Waals surface area contributed by atoms with Crippen LogP contribution in [0.4, 0.5) is 9.52 Å². The predicted molar refractivity (Wildman–Crippen MR) is 97.6 cm³/mol. The van der Waals surface area contributed by atoms with E-state index in [1.165, 1.54) is 29.5 Å². The number of carbonyl (C=O) groups excluding carboxylic acids is 2. The van der Waals surface area contributed by atoms with E-state index in [0.29, 0.717) is 32.2 Å². The number of benzene rings is 2. The van der Waals surface area contributed by atoms with Gasteiger partial charge in [0.2, 0.25) is 0 Å². The highest BCUT2D eigenvalue weighted by Gasteiger charge is 2.32. The molecule has 3 aromatic rings. The Morgan fingerprint density at radius 2 is 2.08 bits per heavy atom. The van der Waals surface area contributed by atoms with E-state index in [9.17, 15) is 14.0 Å². The van der Waals surface area contributed by atoms with Crippen LogP contribution >= 0.6 is 11.3 Å². The predicted octanol–water partition coefficient (Wildman–Crippen LogP) is 4.43. The van der Waals surface area contributed by atoms with Crippen molar-refractivity contribution in [2.24, 2.45) is 0 Å². The third kappa shape index (κ3) is 3.06. The molecule has 2 aromatic carbocycles. The van der Waals surface area contributed by atoms with Gasteiger partial charge in [-0.15, -0.1) is 0 Å². The summed E-state index contributed by atoms with van der Waals surface area (Å²) in [5, 5.41) is 3.07. The Balaban J connectivity index is 1.60. The van der Waals surface area contributed by atoms with Crippen molar-refractivity contribution in [3.8, 4) is 5.75 Å². The van der Waals surface area contributed by atoms with Crippen molar-refractivity contribution in [3.63, 3.8) is 0 Å². The molecule has 0 unspecified atom stereocenters. The standard InChI is InChI=1S/C19H15FN2O3S/c1-19(2)9-14(23)12-7-10(3-6-15(12)25-19)17(24)22-18-21-13-5-4-11(20)8-16(13)26-18/h3-8H,9H2,1-2H3,(H,21,22,24). The van der Waals surface area contributed by atoms with E-state index in [1.54, 1.807) is 18.2 Å². The largest absolute Gasteiger partial charge is 0.487 e. The van der Waals surface area contributed by atoms with Crippen molar-refractivity contribution in [3.05, 3.63) is 53.3 Å². The second-order valence-corrected chi connectivity index (χ2v) is 7.79. The lowest BCUT2D eigenvalue weighted by Crippen LogP contribution is -2.36. The Kier molecular flexibility index (Phi) is 3.77. The SMILES string of the molecule is CC1(C)CC(=O)c2cc(C(=O)Nc3nc4ccc(F)cc4s3)ccc2O1. The van der Waals surface area contributed by atoms with Crippen LogP contribution < -0.4 is 10.1 Å². The number of amides is 1. The molecule has 0 bridgehead atoms. The molecule has 0 saturated heterocycles. The van der Waals surface area contributed by atoms with Crippen LogP contribution in [-0.2, 0) is 0 Å². The molecule has 4 rings (SSSR count). The van der Waals surface area contributed by atoms with Gasteiger partial charge in [-0.3, -0.25) is 14.9 Å². The van der Waals surface area contributed by atoms with Crippen molar-refractivity contribution >= 4 is 38.4 Å². The van der Waals surface area contributed by atoms with Crippen molar-refractivity contribution in [1.82, 2.24) is 4.98 Å². The van der Waals surface area contributed by atoms with E-state index in [1.807, 2.05) is 13.8 Å². The van der Waals surface area contributed by atoms with Crippen molar-refractivity contribution in [1.29, 1.82) is 0 Å². The Hall–Kier alpha value is -2.80. The maximum Gasteiger partial charge on any atom is 0.257 e. The zero-order valence-electron chi connectivity index (χ0n) is 14.1. The Labute approximate surface area is 152 Å². The number of ether oxygens (including phenoxy) is 1. The Morgan fingerprint density at radius 3 is 2.88 bits per heavy atom. The maximum absolute atomic E-state index is 13.3. The fourth-order valence-corrected chi connectivity index (χ4v) is 3.80. The number of halogens is 1. The number of anilines is 1. The van der Waals surface area contributed by atoms with Gasteiger partial charge in [0.1, 0.15) is 17.2 Å². The number of Topliss-reactive ketones (excluding diaryl/α,β-unsaturated/α-hetero) is 1. The molecule has 26 heavy (non-hydrogen) atoms. The van der Waals surface area contributed by atoms with E-state index >= 15 is 0 Å². The first kappa shape index (κ1) is 16.7. The number of ketones is 1. The highest BCUT2D eigenvalue weighted by Crippen LogP contribution is 2.34. The molecule has 0 radical (unpaired) electrons. The summed E-state index contributed by atoms with van der Waals surface area (Å²) in [5.74, 6) is -0.306. The van der Waals surface area contributed by atoms with Gasteiger partial charge in [-0.2, -0.15) is 0 Å². The van der Waals surface area contributed by atoms with Crippen LogP contribution in [0, 0.1) is 5.82 Å². The molecule has 1 aromatic heterocycles. The highest BCUT2D eigenvalue weighted by molar-refractivity contribution is 7.22. The molecule has 0 aliphatic carbocycles. The monoisotopic (exact) mass is 370 g/mol. The van der Waals surface area contributed by atoms with Crippen LogP contribution in [0.2, 0.25) is 0 Å². The Bertz CT molecular complexity index is 1060. The van der Waals surface area contributed by atoms with Gasteiger partial charge < -0.3 is 4.74 Å². The molecule has 1 aliphatic rings. The summed E-state index contributed by atoms with van der Waals surface area (Å²) < 4.78 is 19.7. The van der Waals surface area contributed by atoms with E-state index in [0.717, 1.165) is 0 Å². The molecule has 0 fully saturated rings. The van der Waals surface area contributed by atoms with Crippen molar-refractivity contribution < 1.29 is 18.7 Å². The molecule has 0 saturated carbocycles. The average molecular weight is 370 g/mol. The van der Waals surface area contributed by atoms with E-state index in [4.69, 9.17) is 4.74 Å². The lowest BCUT2D eigenvalue weighted by atomic mass is 9.92. The van der Waals surface area contributed by atoms with Gasteiger partial charge in [0.05, 0.1) is 22.2 Å². The fourth-order valence-electron chi connectivity index (χ4n) is 2.91. The van der Waals surface area contributed by atoms with Crippen LogP contribution in [0.1, 0.15) is 41.0 Å². The van der Waals surface area contributed by atoms with Gasteiger partial charge in [0.25, 0.3) is 5.91 Å². The van der Waals surface area contributed by atoms with Crippen LogP contribution in [-0.4, -0.2) is 22.3 Å². The van der Waals surface area contributed by atoms with Crippen LogP contribution in [0.15, 0.2) is 36.4 Å². The van der Waals surface area contributed by atoms with E-state index < -0.39 is 5.60 Å². The summed E-state index contributed by atoms with van der Waals surface area (Å²) in [6.45, 7) is 3.70. The Morgan fingerprint density at radius 1 is 1.27 bits per heavy atom. The third-order valence-electron chi connectivity index (χ3n) is 4.09. The maximum atomic E-state index is 13.3. The highest BCUT2D eigenvalue weighted by atomic mass is 32.1. The third-order valence-corrected chi connectivity index (χ3v) is 5.02. The minimum Gasteiger partial charge on any atom is -0.487 e. The summed E-state index contributed by atoms with van der Waals surface area (Å²) in [7, 11) is 0. The number of nitrogens with one attached hydrogen (secondary N) is 1. The van der Waals surface area contributed by atoms with Crippen LogP contribution in [0.3, 0.4) is 0 Å². The molecule has 1 amide bonds. The molecule has 5 nitrogen and oxygen atoms in total. The van der Waals surface area contributed by atoms with Gasteiger partial charge in [0.15, 0.2) is 10.9 Å². The molecule has 1 N–H and O–H groups in total. The molecular weight excluding hydrogens is 355 g/mol. The number of carbonyl (C=O) groups is 2. The second-order valence-electron chi connectivity index (χ2n) is 6.76. The summed E-state index contributed by atoms with van der Waals surface area (Å²) in [4.78, 5) is 29.1. The van der Waals surface area contributed by atoms with Gasteiger partial charge in [-0.05, 0) is 50.2 Å².